The van der Waals surface area contributed by atoms with Crippen LogP contribution in [0.15, 0.2) is 113 Å². The second-order valence-electron chi connectivity index (χ2n) is 10.4. The summed E-state index contributed by atoms with van der Waals surface area (Å²) in [5.41, 5.74) is -0.725. The maximum Gasteiger partial charge on any atom is 0.416 e. The van der Waals surface area contributed by atoms with Crippen molar-refractivity contribution < 1.29 is 27.6 Å². The van der Waals surface area contributed by atoms with E-state index in [-0.39, 0.29) is 52.6 Å². The number of ether oxygens (including phenoxy) is 2. The fourth-order valence-electron chi connectivity index (χ4n) is 5.17. The van der Waals surface area contributed by atoms with E-state index in [9.17, 15) is 28.1 Å². The molecule has 236 valence electrons. The largest absolute Gasteiger partial charge is 0.490 e. The monoisotopic (exact) mass is 638 g/mol. The number of hydrogen-bond acceptors (Lipinski definition) is 7. The number of rotatable bonds is 9. The van der Waals surface area contributed by atoms with Gasteiger partial charge < -0.3 is 9.47 Å². The lowest BCUT2D eigenvalue weighted by atomic mass is 10.1. The van der Waals surface area contributed by atoms with Crippen molar-refractivity contribution in [3.05, 3.63) is 140 Å². The smallest absolute Gasteiger partial charge is 0.416 e. The van der Waals surface area contributed by atoms with Crippen LogP contribution in [-0.4, -0.2) is 27.4 Å². The molecule has 0 spiro atoms. The Morgan fingerprint density at radius 1 is 0.915 bits per heavy atom. The van der Waals surface area contributed by atoms with Crippen LogP contribution in [0.4, 0.5) is 18.9 Å². The van der Waals surface area contributed by atoms with Crippen LogP contribution in [0.3, 0.4) is 0 Å². The van der Waals surface area contributed by atoms with Gasteiger partial charge in [-0.15, -0.1) is 0 Å². The summed E-state index contributed by atoms with van der Waals surface area (Å²) in [5.74, 6) is -0.160. The Hall–Kier alpha value is -6.04. The first kappa shape index (κ1) is 31.0. The van der Waals surface area contributed by atoms with E-state index in [1.165, 1.54) is 36.5 Å². The molecule has 1 aromatic heterocycles. The third-order valence-corrected chi connectivity index (χ3v) is 7.33. The van der Waals surface area contributed by atoms with Gasteiger partial charge in [-0.1, -0.05) is 66.7 Å². The Morgan fingerprint density at radius 2 is 1.64 bits per heavy atom. The zero-order valence-corrected chi connectivity index (χ0v) is 24.8. The van der Waals surface area contributed by atoms with Crippen LogP contribution in [0.5, 0.6) is 11.5 Å². The molecule has 0 atom stereocenters. The van der Waals surface area contributed by atoms with E-state index in [2.05, 4.69) is 10.1 Å². The maximum absolute atomic E-state index is 13.6. The first-order valence-electron chi connectivity index (χ1n) is 14.4. The number of fused-ring (bicyclic) bond motifs is 2. The molecule has 12 heteroatoms. The fraction of sp³-hybridized carbons (Fsp3) is 0.114. The molecule has 0 fully saturated rings. The second-order valence-corrected chi connectivity index (χ2v) is 10.4. The highest BCUT2D eigenvalue weighted by Crippen LogP contribution is 2.39. The van der Waals surface area contributed by atoms with Crippen LogP contribution in [0, 0.1) is 10.1 Å². The van der Waals surface area contributed by atoms with Crippen LogP contribution in [0.2, 0.25) is 0 Å². The average Bonchev–Trinajstić information content (AvgIpc) is 3.07. The van der Waals surface area contributed by atoms with Crippen molar-refractivity contribution in [2.45, 2.75) is 19.7 Å². The molecule has 47 heavy (non-hydrogen) atoms. The summed E-state index contributed by atoms with van der Waals surface area (Å²) in [5, 5.41) is 18.6. The van der Waals surface area contributed by atoms with Crippen LogP contribution in [0.25, 0.3) is 33.1 Å². The molecule has 0 unspecified atom stereocenters. The Morgan fingerprint density at radius 3 is 2.40 bits per heavy atom. The number of benzene rings is 5. The number of alkyl halides is 3. The van der Waals surface area contributed by atoms with E-state index < -0.39 is 27.9 Å². The minimum absolute atomic E-state index is 0.00185. The molecular formula is C35H25F3N4O5. The highest BCUT2D eigenvalue weighted by atomic mass is 19.4. The molecule has 9 nitrogen and oxygen atoms in total. The normalized spacial score (nSPS) is 11.7. The lowest BCUT2D eigenvalue weighted by Crippen LogP contribution is -2.20. The molecular weight excluding hydrogens is 613 g/mol. The predicted molar refractivity (Wildman–Crippen MR) is 172 cm³/mol. The van der Waals surface area contributed by atoms with Crippen LogP contribution < -0.4 is 15.0 Å². The summed E-state index contributed by atoms with van der Waals surface area (Å²) in [6.45, 7) is 1.90. The quantitative estimate of drug-likeness (QED) is 0.0902. The van der Waals surface area contributed by atoms with E-state index in [0.29, 0.717) is 0 Å². The maximum atomic E-state index is 13.6. The molecule has 0 aliphatic heterocycles. The van der Waals surface area contributed by atoms with Crippen LogP contribution in [-0.2, 0) is 12.8 Å². The van der Waals surface area contributed by atoms with E-state index in [1.54, 1.807) is 25.1 Å². The Kier molecular flexibility index (Phi) is 8.40. The highest BCUT2D eigenvalue weighted by Gasteiger charge is 2.31. The summed E-state index contributed by atoms with van der Waals surface area (Å²) in [7, 11) is 0. The average molecular weight is 639 g/mol. The molecule has 0 amide bonds. The molecule has 6 aromatic rings. The number of nitrogens with zero attached hydrogens (tertiary/aromatic N) is 4. The van der Waals surface area contributed by atoms with E-state index in [4.69, 9.17) is 9.47 Å². The second kappa shape index (κ2) is 12.8. The number of para-hydroxylation sites is 1. The number of nitro benzene ring substituents is 1. The molecule has 0 bridgehead atoms. The molecule has 0 saturated heterocycles. The van der Waals surface area contributed by atoms with Gasteiger partial charge >= 0.3 is 11.9 Å². The van der Waals surface area contributed by atoms with Crippen molar-refractivity contribution in [3.63, 3.8) is 0 Å². The minimum atomic E-state index is -4.63. The van der Waals surface area contributed by atoms with Crippen molar-refractivity contribution in [1.29, 1.82) is 0 Å². The van der Waals surface area contributed by atoms with Gasteiger partial charge in [-0.25, -0.2) is 4.98 Å². The predicted octanol–water partition coefficient (Wildman–Crippen LogP) is 8.00. The van der Waals surface area contributed by atoms with Crippen LogP contribution in [0.1, 0.15) is 23.6 Å². The standard InChI is InChI=1S/C35H25F3N4O5/c1-2-46-31-18-22(17-30(42(44)45)32(31)47-21-25-12-7-10-23-9-3-4-14-27(23)25)20-39-41-33(24-11-8-13-26(19-24)35(36,37)38)40-29-16-6-5-15-28(29)34(41)43/h3-20H,2,21H2,1H3. The lowest BCUT2D eigenvalue weighted by molar-refractivity contribution is -0.386. The van der Waals surface area contributed by atoms with Gasteiger partial charge in [0, 0.05) is 17.2 Å². The lowest BCUT2D eigenvalue weighted by Gasteiger charge is -2.14. The van der Waals surface area contributed by atoms with Gasteiger partial charge in [0.1, 0.15) is 6.61 Å². The van der Waals surface area contributed by atoms with Gasteiger partial charge in [0.2, 0.25) is 5.75 Å². The van der Waals surface area contributed by atoms with Crippen molar-refractivity contribution >= 4 is 33.6 Å². The van der Waals surface area contributed by atoms with Gasteiger partial charge in [0.25, 0.3) is 5.56 Å². The molecule has 0 radical (unpaired) electrons. The third-order valence-electron chi connectivity index (χ3n) is 7.33. The van der Waals surface area contributed by atoms with Gasteiger partial charge in [-0.3, -0.25) is 14.9 Å². The number of aromatic nitrogens is 2. The van der Waals surface area contributed by atoms with Crippen molar-refractivity contribution in [2.24, 2.45) is 5.10 Å². The first-order valence-corrected chi connectivity index (χ1v) is 14.4. The van der Waals surface area contributed by atoms with Gasteiger partial charge in [-0.05, 0) is 53.6 Å². The summed E-state index contributed by atoms with van der Waals surface area (Å²) in [6, 6.07) is 26.8. The summed E-state index contributed by atoms with van der Waals surface area (Å²) in [4.78, 5) is 29.7. The number of halogens is 3. The number of nitro groups is 1. The zero-order chi connectivity index (χ0) is 33.1. The Bertz CT molecular complexity index is 2230. The SMILES string of the molecule is CCOc1cc(C=Nn2c(-c3cccc(C(F)(F)F)c3)nc3ccccc3c2=O)cc([N+](=O)[O-])c1OCc1cccc2ccccc12. The van der Waals surface area contributed by atoms with Gasteiger partial charge in [-0.2, -0.15) is 22.9 Å². The number of hydrogen-bond donors (Lipinski definition) is 0. The zero-order valence-electron chi connectivity index (χ0n) is 24.8. The Labute approximate surface area is 265 Å². The van der Waals surface area contributed by atoms with Crippen molar-refractivity contribution in [1.82, 2.24) is 9.66 Å². The minimum Gasteiger partial charge on any atom is -0.490 e. The Balaban J connectivity index is 1.43. The molecule has 0 aliphatic carbocycles. The van der Waals surface area contributed by atoms with E-state index >= 15 is 0 Å². The molecule has 0 aliphatic rings. The summed E-state index contributed by atoms with van der Waals surface area (Å²) >= 11 is 0. The molecule has 5 aromatic carbocycles. The fourth-order valence-corrected chi connectivity index (χ4v) is 5.17. The highest BCUT2D eigenvalue weighted by molar-refractivity contribution is 5.86. The van der Waals surface area contributed by atoms with E-state index in [1.807, 2.05) is 42.5 Å². The third kappa shape index (κ3) is 6.39. The van der Waals surface area contributed by atoms with Crippen molar-refractivity contribution in [3.8, 4) is 22.9 Å². The van der Waals surface area contributed by atoms with Crippen LogP contribution >= 0.6 is 0 Å². The molecule has 6 rings (SSSR count). The summed E-state index contributed by atoms with van der Waals surface area (Å²) < 4.78 is 53.3. The molecule has 1 heterocycles. The first-order chi connectivity index (χ1) is 22.6. The molecule has 0 saturated carbocycles. The van der Waals surface area contributed by atoms with Gasteiger partial charge in [0.05, 0.1) is 34.2 Å². The molecule has 0 N–H and O–H groups in total. The van der Waals surface area contributed by atoms with Gasteiger partial charge in [0.15, 0.2) is 11.6 Å². The summed E-state index contributed by atoms with van der Waals surface area (Å²) in [6.07, 6.45) is -3.45. The van der Waals surface area contributed by atoms with E-state index in [0.717, 1.165) is 33.1 Å². The van der Waals surface area contributed by atoms with Crippen molar-refractivity contribution in [2.75, 3.05) is 6.61 Å². The topological polar surface area (TPSA) is 109 Å².